The second kappa shape index (κ2) is 7.33. The van der Waals surface area contributed by atoms with Crippen molar-refractivity contribution in [1.29, 1.82) is 0 Å². The lowest BCUT2D eigenvalue weighted by Crippen LogP contribution is -2.14. The number of hydrogen-bond donors (Lipinski definition) is 2. The summed E-state index contributed by atoms with van der Waals surface area (Å²) in [6, 6.07) is 13.3. The third kappa shape index (κ3) is 3.82. The second-order valence-electron chi connectivity index (χ2n) is 6.09. The molecule has 1 amide bonds. The van der Waals surface area contributed by atoms with Gasteiger partial charge in [0.15, 0.2) is 11.5 Å². The molecule has 7 heteroatoms. The molecule has 0 saturated heterocycles. The molecule has 1 aliphatic rings. The molecule has 0 spiro atoms. The molecule has 0 aliphatic carbocycles. The van der Waals surface area contributed by atoms with Crippen LogP contribution in [0.25, 0.3) is 0 Å². The summed E-state index contributed by atoms with van der Waals surface area (Å²) >= 11 is 0. The maximum Gasteiger partial charge on any atom is 0.275 e. The summed E-state index contributed by atoms with van der Waals surface area (Å²) in [7, 11) is 0. The van der Waals surface area contributed by atoms with Crippen LogP contribution in [0.1, 0.15) is 21.6 Å². The third-order valence-electron chi connectivity index (χ3n) is 4.24. The number of nitrogens with one attached hydrogen (secondary N) is 2. The van der Waals surface area contributed by atoms with Gasteiger partial charge in [-0.3, -0.25) is 4.79 Å². The number of nitrogens with zero attached hydrogens (tertiary/aromatic N) is 2. The fraction of sp³-hybridized carbons (Fsp3) is 0.150. The van der Waals surface area contributed by atoms with E-state index in [2.05, 4.69) is 39.7 Å². The van der Waals surface area contributed by atoms with E-state index in [0.29, 0.717) is 29.5 Å². The Morgan fingerprint density at radius 2 is 1.93 bits per heavy atom. The smallest absolute Gasteiger partial charge is 0.275 e. The van der Waals surface area contributed by atoms with E-state index in [0.717, 1.165) is 0 Å². The zero-order valence-electron chi connectivity index (χ0n) is 14.7. The lowest BCUT2D eigenvalue weighted by molar-refractivity contribution is 0.102. The zero-order valence-corrected chi connectivity index (χ0v) is 14.7. The highest BCUT2D eigenvalue weighted by molar-refractivity contribution is 6.02. The molecule has 1 aliphatic heterocycles. The average Bonchev–Trinajstić information content (AvgIpc) is 3.15. The maximum absolute atomic E-state index is 12.3. The van der Waals surface area contributed by atoms with Crippen LogP contribution in [0, 0.1) is 6.92 Å². The number of rotatable bonds is 5. The Morgan fingerprint density at radius 3 is 2.74 bits per heavy atom. The summed E-state index contributed by atoms with van der Waals surface area (Å²) in [4.78, 5) is 20.8. The molecule has 2 N–H and O–H groups in total. The van der Waals surface area contributed by atoms with E-state index >= 15 is 0 Å². The van der Waals surface area contributed by atoms with Crippen LogP contribution in [0.3, 0.4) is 0 Å². The lowest BCUT2D eigenvalue weighted by atomic mass is 10.1. The van der Waals surface area contributed by atoms with Crippen LogP contribution in [0.4, 0.5) is 11.5 Å². The third-order valence-corrected chi connectivity index (χ3v) is 4.24. The first-order valence-corrected chi connectivity index (χ1v) is 8.50. The van der Waals surface area contributed by atoms with Gasteiger partial charge >= 0.3 is 0 Å². The first-order chi connectivity index (χ1) is 13.2. The van der Waals surface area contributed by atoms with Gasteiger partial charge in [0, 0.05) is 18.3 Å². The van der Waals surface area contributed by atoms with Gasteiger partial charge in [0.1, 0.15) is 11.5 Å². The number of carbonyl (C=O) groups is 1. The van der Waals surface area contributed by atoms with Crippen molar-refractivity contribution in [2.24, 2.45) is 0 Å². The van der Waals surface area contributed by atoms with Crippen LogP contribution in [0.15, 0.2) is 54.9 Å². The predicted molar refractivity (Wildman–Crippen MR) is 101 cm³/mol. The van der Waals surface area contributed by atoms with Crippen LogP contribution in [0.5, 0.6) is 11.5 Å². The van der Waals surface area contributed by atoms with Crippen LogP contribution in [-0.4, -0.2) is 22.7 Å². The number of fused-ring (bicyclic) bond motifs is 1. The molecule has 2 aromatic carbocycles. The minimum atomic E-state index is -0.341. The molecule has 2 heterocycles. The van der Waals surface area contributed by atoms with E-state index in [4.69, 9.17) is 9.47 Å². The van der Waals surface area contributed by atoms with Gasteiger partial charge in [-0.2, -0.15) is 0 Å². The van der Waals surface area contributed by atoms with Crippen molar-refractivity contribution in [2.75, 3.05) is 17.4 Å². The largest absolute Gasteiger partial charge is 0.454 e. The number of amides is 1. The fourth-order valence-electron chi connectivity index (χ4n) is 2.70. The van der Waals surface area contributed by atoms with E-state index in [9.17, 15) is 4.79 Å². The first kappa shape index (κ1) is 16.8. The van der Waals surface area contributed by atoms with Crippen molar-refractivity contribution >= 4 is 17.4 Å². The summed E-state index contributed by atoms with van der Waals surface area (Å²) in [6.07, 6.45) is 3.00. The maximum atomic E-state index is 12.3. The molecule has 3 aromatic rings. The second-order valence-corrected chi connectivity index (χ2v) is 6.09. The average molecular weight is 362 g/mol. The van der Waals surface area contributed by atoms with Crippen molar-refractivity contribution in [3.05, 3.63) is 71.7 Å². The molecule has 0 unspecified atom stereocenters. The van der Waals surface area contributed by atoms with Gasteiger partial charge in [0.25, 0.3) is 5.91 Å². The highest BCUT2D eigenvalue weighted by atomic mass is 16.7. The number of hydrogen-bond acceptors (Lipinski definition) is 6. The highest BCUT2D eigenvalue weighted by Crippen LogP contribution is 2.34. The van der Waals surface area contributed by atoms with Crippen molar-refractivity contribution in [1.82, 2.24) is 9.97 Å². The molecule has 0 radical (unpaired) electrons. The Kier molecular flexibility index (Phi) is 4.57. The van der Waals surface area contributed by atoms with Gasteiger partial charge in [-0.15, -0.1) is 0 Å². The summed E-state index contributed by atoms with van der Waals surface area (Å²) in [5, 5.41) is 5.99. The lowest BCUT2D eigenvalue weighted by Gasteiger charge is -2.09. The van der Waals surface area contributed by atoms with Gasteiger partial charge in [-0.1, -0.05) is 24.3 Å². The molecule has 0 saturated carbocycles. The summed E-state index contributed by atoms with van der Waals surface area (Å²) in [5.41, 5.74) is 3.23. The van der Waals surface area contributed by atoms with Crippen LogP contribution < -0.4 is 20.1 Å². The van der Waals surface area contributed by atoms with E-state index in [1.54, 1.807) is 24.4 Å². The Labute approximate surface area is 156 Å². The van der Waals surface area contributed by atoms with Crippen molar-refractivity contribution in [3.8, 4) is 11.5 Å². The number of ether oxygens (including phenoxy) is 2. The van der Waals surface area contributed by atoms with E-state index in [1.807, 2.05) is 12.1 Å². The van der Waals surface area contributed by atoms with E-state index in [1.165, 1.54) is 17.3 Å². The molecule has 1 aromatic heterocycles. The molecule has 0 fully saturated rings. The zero-order chi connectivity index (χ0) is 18.6. The van der Waals surface area contributed by atoms with Crippen molar-refractivity contribution in [3.63, 3.8) is 0 Å². The monoisotopic (exact) mass is 362 g/mol. The number of anilines is 2. The standard InChI is InChI=1S/C20H18N4O3/c1-13-4-2-3-5-14(13)9-22-19-11-21-16(10-23-19)20(25)24-15-6-7-17-18(8-15)27-12-26-17/h2-8,10-11H,9,12H2,1H3,(H,22,23)(H,24,25). The summed E-state index contributed by atoms with van der Waals surface area (Å²) in [5.74, 6) is 1.54. The molecular weight excluding hydrogens is 344 g/mol. The molecular formula is C20H18N4O3. The number of aromatic nitrogens is 2. The van der Waals surface area contributed by atoms with Crippen molar-refractivity contribution in [2.45, 2.75) is 13.5 Å². The predicted octanol–water partition coefficient (Wildman–Crippen LogP) is 3.38. The quantitative estimate of drug-likeness (QED) is 0.724. The van der Waals surface area contributed by atoms with Gasteiger partial charge in [0.2, 0.25) is 6.79 Å². The highest BCUT2D eigenvalue weighted by Gasteiger charge is 2.15. The van der Waals surface area contributed by atoms with Gasteiger partial charge in [0.05, 0.1) is 12.4 Å². The minimum absolute atomic E-state index is 0.190. The van der Waals surface area contributed by atoms with Crippen LogP contribution in [-0.2, 0) is 6.54 Å². The Bertz CT molecular complexity index is 973. The number of carbonyl (C=O) groups excluding carboxylic acids is 1. The van der Waals surface area contributed by atoms with Gasteiger partial charge in [-0.25, -0.2) is 9.97 Å². The Morgan fingerprint density at radius 1 is 1.07 bits per heavy atom. The van der Waals surface area contributed by atoms with Crippen molar-refractivity contribution < 1.29 is 14.3 Å². The summed E-state index contributed by atoms with van der Waals surface area (Å²) in [6.45, 7) is 2.89. The first-order valence-electron chi connectivity index (χ1n) is 8.50. The van der Waals surface area contributed by atoms with Crippen LogP contribution >= 0.6 is 0 Å². The molecule has 0 atom stereocenters. The fourth-order valence-corrected chi connectivity index (χ4v) is 2.70. The Hall–Kier alpha value is -3.61. The van der Waals surface area contributed by atoms with E-state index < -0.39 is 0 Å². The minimum Gasteiger partial charge on any atom is -0.454 e. The van der Waals surface area contributed by atoms with Gasteiger partial charge in [-0.05, 0) is 30.2 Å². The molecule has 7 nitrogen and oxygen atoms in total. The topological polar surface area (TPSA) is 85.4 Å². The SMILES string of the molecule is Cc1ccccc1CNc1cnc(C(=O)Nc2ccc3c(c2)OCO3)cn1. The van der Waals surface area contributed by atoms with Gasteiger partial charge < -0.3 is 20.1 Å². The van der Waals surface area contributed by atoms with Crippen LogP contribution in [0.2, 0.25) is 0 Å². The number of benzene rings is 2. The molecule has 136 valence electrons. The molecule has 27 heavy (non-hydrogen) atoms. The molecule has 0 bridgehead atoms. The number of aryl methyl sites for hydroxylation is 1. The van der Waals surface area contributed by atoms with E-state index in [-0.39, 0.29) is 18.4 Å². The molecule has 4 rings (SSSR count). The summed E-state index contributed by atoms with van der Waals surface area (Å²) < 4.78 is 10.6. The normalized spacial score (nSPS) is 11.9. The Balaban J connectivity index is 1.38.